The van der Waals surface area contributed by atoms with Gasteiger partial charge in [-0.05, 0) is 17.7 Å². The number of benzene rings is 1. The number of rotatable bonds is 1. The fraction of sp³-hybridized carbons (Fsp3) is 0.200. The first-order valence-electron chi connectivity index (χ1n) is 3.71. The van der Waals surface area contributed by atoms with E-state index in [4.69, 9.17) is 0 Å². The Morgan fingerprint density at radius 3 is 2.00 bits per heavy atom. The molecular weight excluding hydrogens is 200 g/mol. The normalized spacial score (nSPS) is 7.91. The van der Waals surface area contributed by atoms with Crippen molar-refractivity contribution >= 4 is 22.0 Å². The summed E-state index contributed by atoms with van der Waals surface area (Å²) in [4.78, 5) is 0. The van der Waals surface area contributed by atoms with Crippen molar-refractivity contribution in [3.05, 3.63) is 40.9 Å². The van der Waals surface area contributed by atoms with E-state index in [0.717, 1.165) is 10.0 Å². The van der Waals surface area contributed by atoms with Gasteiger partial charge in [0.05, 0.1) is 0 Å². The largest absolute Gasteiger partial charge is 0.0985 e. The van der Waals surface area contributed by atoms with Crippen molar-refractivity contribution in [3.63, 3.8) is 0 Å². The van der Waals surface area contributed by atoms with Crippen LogP contribution in [0.25, 0.3) is 6.08 Å². The molecule has 0 spiro atoms. The Labute approximate surface area is 77.1 Å². The first-order valence-corrected chi connectivity index (χ1v) is 4.50. The Hall–Kier alpha value is -0.560. The topological polar surface area (TPSA) is 0 Å². The average molecular weight is 213 g/mol. The summed E-state index contributed by atoms with van der Waals surface area (Å²) in [5.41, 5.74) is 1.15. The highest BCUT2D eigenvalue weighted by molar-refractivity contribution is 9.10. The molecule has 1 aromatic rings. The van der Waals surface area contributed by atoms with Crippen LogP contribution in [0.15, 0.2) is 35.3 Å². The van der Waals surface area contributed by atoms with Gasteiger partial charge in [0.2, 0.25) is 0 Å². The molecule has 0 atom stereocenters. The molecule has 0 aliphatic heterocycles. The summed E-state index contributed by atoms with van der Waals surface area (Å²) in [5, 5.41) is 0. The quantitative estimate of drug-likeness (QED) is 0.658. The minimum atomic E-state index is 1.10. The zero-order chi connectivity index (χ0) is 8.69. The molecular formula is C10H13Br. The lowest BCUT2D eigenvalue weighted by atomic mass is 10.2. The summed E-state index contributed by atoms with van der Waals surface area (Å²) in [6.07, 6.45) is 1.83. The molecule has 0 aromatic heterocycles. The van der Waals surface area contributed by atoms with Gasteiger partial charge < -0.3 is 0 Å². The Morgan fingerprint density at radius 1 is 1.18 bits per heavy atom. The Bertz CT molecular complexity index is 199. The fourth-order valence-corrected chi connectivity index (χ4v) is 0.863. The maximum Gasteiger partial charge on any atom is 0.0175 e. The zero-order valence-corrected chi connectivity index (χ0v) is 8.56. The van der Waals surface area contributed by atoms with Crippen LogP contribution in [0.5, 0.6) is 0 Å². The van der Waals surface area contributed by atoms with Gasteiger partial charge in [0.25, 0.3) is 0 Å². The Balaban J connectivity index is 0.000000461. The third-order valence-corrected chi connectivity index (χ3v) is 1.63. The molecule has 0 heterocycles. The molecule has 1 aromatic carbocycles. The molecule has 0 aliphatic rings. The maximum atomic E-state index is 3.65. The lowest BCUT2D eigenvalue weighted by Gasteiger charge is -1.90. The second-order valence-electron chi connectivity index (χ2n) is 1.76. The van der Waals surface area contributed by atoms with Crippen LogP contribution in [-0.4, -0.2) is 0 Å². The second kappa shape index (κ2) is 6.17. The smallest absolute Gasteiger partial charge is 0.0175 e. The molecule has 0 fully saturated rings. The molecule has 0 saturated heterocycles. The van der Waals surface area contributed by atoms with E-state index < -0.39 is 0 Å². The monoisotopic (exact) mass is 212 g/mol. The summed E-state index contributed by atoms with van der Waals surface area (Å²) in [7, 11) is 0. The summed E-state index contributed by atoms with van der Waals surface area (Å²) < 4.78 is 1.10. The van der Waals surface area contributed by atoms with Crippen molar-refractivity contribution in [1.29, 1.82) is 0 Å². The van der Waals surface area contributed by atoms with Crippen LogP contribution in [-0.2, 0) is 0 Å². The highest BCUT2D eigenvalue weighted by atomic mass is 79.9. The van der Waals surface area contributed by atoms with Gasteiger partial charge >= 0.3 is 0 Å². The summed E-state index contributed by atoms with van der Waals surface area (Å²) in [6, 6.07) is 8.02. The van der Waals surface area contributed by atoms with Crippen molar-refractivity contribution in [2.24, 2.45) is 0 Å². The zero-order valence-electron chi connectivity index (χ0n) is 6.97. The highest BCUT2D eigenvalue weighted by Crippen LogP contribution is 2.10. The third-order valence-electron chi connectivity index (χ3n) is 1.11. The van der Waals surface area contributed by atoms with Crippen LogP contribution in [0.1, 0.15) is 19.4 Å². The Morgan fingerprint density at radius 2 is 1.64 bits per heavy atom. The first kappa shape index (κ1) is 10.4. The van der Waals surface area contributed by atoms with Crippen LogP contribution in [0, 0.1) is 0 Å². The van der Waals surface area contributed by atoms with E-state index in [1.54, 1.807) is 0 Å². The van der Waals surface area contributed by atoms with E-state index in [1.807, 2.05) is 44.2 Å². The predicted molar refractivity (Wildman–Crippen MR) is 55.6 cm³/mol. The lowest BCUT2D eigenvalue weighted by Crippen LogP contribution is -1.67. The van der Waals surface area contributed by atoms with Gasteiger partial charge in [-0.1, -0.05) is 54.6 Å². The minimum Gasteiger partial charge on any atom is -0.0985 e. The van der Waals surface area contributed by atoms with Gasteiger partial charge in [-0.2, -0.15) is 0 Å². The molecule has 1 rings (SSSR count). The molecule has 0 amide bonds. The molecule has 1 heteroatoms. The van der Waals surface area contributed by atoms with Gasteiger partial charge in [0.15, 0.2) is 0 Å². The molecule has 0 aliphatic carbocycles. The Kier molecular flexibility index (Phi) is 5.86. The highest BCUT2D eigenvalue weighted by Gasteiger charge is 1.83. The first-order chi connectivity index (χ1) is 5.33. The van der Waals surface area contributed by atoms with Crippen LogP contribution < -0.4 is 0 Å². The molecule has 11 heavy (non-hydrogen) atoms. The molecule has 0 radical (unpaired) electrons. The van der Waals surface area contributed by atoms with Crippen molar-refractivity contribution in [2.75, 3.05) is 0 Å². The van der Waals surface area contributed by atoms with Gasteiger partial charge in [-0.15, -0.1) is 0 Å². The van der Waals surface area contributed by atoms with E-state index in [1.165, 1.54) is 0 Å². The second-order valence-corrected chi connectivity index (χ2v) is 2.67. The van der Waals surface area contributed by atoms with Crippen LogP contribution in [0.3, 0.4) is 0 Å². The summed E-state index contributed by atoms with van der Waals surface area (Å²) in [6.45, 7) is 7.65. The van der Waals surface area contributed by atoms with Crippen molar-refractivity contribution in [1.82, 2.24) is 0 Å². The lowest BCUT2D eigenvalue weighted by molar-refractivity contribution is 1.50. The molecule has 0 bridgehead atoms. The molecule has 0 saturated carbocycles. The van der Waals surface area contributed by atoms with Crippen molar-refractivity contribution in [2.45, 2.75) is 13.8 Å². The van der Waals surface area contributed by atoms with Crippen molar-refractivity contribution in [3.8, 4) is 0 Å². The van der Waals surface area contributed by atoms with E-state index in [9.17, 15) is 0 Å². The van der Waals surface area contributed by atoms with E-state index >= 15 is 0 Å². The van der Waals surface area contributed by atoms with Gasteiger partial charge in [0.1, 0.15) is 0 Å². The SMILES string of the molecule is C=Cc1ccc(Br)cc1.CC. The van der Waals surface area contributed by atoms with Gasteiger partial charge in [-0.3, -0.25) is 0 Å². The molecule has 0 unspecified atom stereocenters. The van der Waals surface area contributed by atoms with Crippen LogP contribution >= 0.6 is 15.9 Å². The van der Waals surface area contributed by atoms with E-state index in [-0.39, 0.29) is 0 Å². The summed E-state index contributed by atoms with van der Waals surface area (Å²) in [5.74, 6) is 0. The fourth-order valence-electron chi connectivity index (χ4n) is 0.599. The standard InChI is InChI=1S/C8H7Br.C2H6/c1-2-7-3-5-8(9)6-4-7;1-2/h2-6H,1H2;1-2H3. The number of halogens is 1. The predicted octanol–water partition coefficient (Wildman–Crippen LogP) is 4.12. The molecule has 0 N–H and O–H groups in total. The third kappa shape index (κ3) is 3.99. The van der Waals surface area contributed by atoms with E-state index in [2.05, 4.69) is 22.5 Å². The number of hydrogen-bond donors (Lipinski definition) is 0. The van der Waals surface area contributed by atoms with Gasteiger partial charge in [-0.25, -0.2) is 0 Å². The molecule has 0 nitrogen and oxygen atoms in total. The minimum absolute atomic E-state index is 1.10. The van der Waals surface area contributed by atoms with Crippen LogP contribution in [0.2, 0.25) is 0 Å². The molecule has 60 valence electrons. The maximum absolute atomic E-state index is 3.65. The summed E-state index contributed by atoms with van der Waals surface area (Å²) >= 11 is 3.34. The van der Waals surface area contributed by atoms with Crippen LogP contribution in [0.4, 0.5) is 0 Å². The van der Waals surface area contributed by atoms with Crippen molar-refractivity contribution < 1.29 is 0 Å². The van der Waals surface area contributed by atoms with E-state index in [0.29, 0.717) is 0 Å². The number of hydrogen-bond acceptors (Lipinski definition) is 0. The van der Waals surface area contributed by atoms with Gasteiger partial charge in [0, 0.05) is 4.47 Å². The average Bonchev–Trinajstić information content (AvgIpc) is 2.10.